The number of nitro benzene ring substituents is 1. The number of halogens is 1. The molecular formula is C24H27ClN4O10S. The van der Waals surface area contributed by atoms with Gasteiger partial charge in [0.15, 0.2) is 0 Å². The maximum atomic E-state index is 12.8. The third kappa shape index (κ3) is 7.95. The van der Waals surface area contributed by atoms with Crippen LogP contribution in [0.3, 0.4) is 0 Å². The molecule has 0 spiro atoms. The van der Waals surface area contributed by atoms with Crippen LogP contribution in [0.1, 0.15) is 18.4 Å². The summed E-state index contributed by atoms with van der Waals surface area (Å²) in [5, 5.41) is 13.0. The van der Waals surface area contributed by atoms with E-state index in [4.69, 9.17) is 20.5 Å². The number of carbonyl (C=O) groups is 2. The Bertz CT molecular complexity index is 1410. The summed E-state index contributed by atoms with van der Waals surface area (Å²) >= 11 is 5.96. The van der Waals surface area contributed by atoms with E-state index in [1.54, 1.807) is 17.9 Å². The van der Waals surface area contributed by atoms with Crippen LogP contribution in [0.5, 0.6) is 11.5 Å². The molecule has 1 aliphatic heterocycles. The summed E-state index contributed by atoms with van der Waals surface area (Å²) in [5.74, 6) is 0.428. The van der Waals surface area contributed by atoms with Crippen LogP contribution in [0.4, 0.5) is 15.3 Å². The van der Waals surface area contributed by atoms with E-state index in [0.717, 1.165) is 12.1 Å². The third-order valence-electron chi connectivity index (χ3n) is 5.81. The number of nitro groups is 1. The Labute approximate surface area is 235 Å². The molecule has 1 aliphatic rings. The van der Waals surface area contributed by atoms with E-state index in [9.17, 15) is 28.1 Å². The minimum absolute atomic E-state index is 0.0172. The number of nitrogens with zero attached hydrogens (tertiary/aromatic N) is 3. The number of benzene rings is 2. The standard InChI is InChI=1S/C24H27ClN4O10S/c1-15-11-17(13-18(12-15)39-40(34,35)20-6-4-5-19(21(20)25)29(32)33)38-14-16-7-9-28(10-8-16)22(26-23(30)36-2)27-24(31)37-3/h4-6,11-13,16H,7-10,14H2,1-3H3,(H,26,27,30,31). The van der Waals surface area contributed by atoms with Crippen LogP contribution in [-0.2, 0) is 19.6 Å². The lowest BCUT2D eigenvalue weighted by Gasteiger charge is -2.33. The molecule has 0 saturated carbocycles. The van der Waals surface area contributed by atoms with Gasteiger partial charge in [0.05, 0.1) is 25.7 Å². The number of hydrogen-bond donors (Lipinski definition) is 1. The predicted octanol–water partition coefficient (Wildman–Crippen LogP) is 3.89. The molecule has 16 heteroatoms. The molecule has 0 radical (unpaired) electrons. The fourth-order valence-corrected chi connectivity index (χ4v) is 5.32. The monoisotopic (exact) mass is 598 g/mol. The maximum absolute atomic E-state index is 12.8. The first-order valence-corrected chi connectivity index (χ1v) is 13.6. The second-order valence-corrected chi connectivity index (χ2v) is 10.5. The summed E-state index contributed by atoms with van der Waals surface area (Å²) in [6.45, 7) is 2.94. The molecule has 216 valence electrons. The Kier molecular flexibility index (Phi) is 10.1. The fraction of sp³-hybridized carbons (Fsp3) is 0.375. The van der Waals surface area contributed by atoms with Crippen molar-refractivity contribution in [2.45, 2.75) is 24.7 Å². The summed E-state index contributed by atoms with van der Waals surface area (Å²) < 4.78 is 45.9. The van der Waals surface area contributed by atoms with Crippen molar-refractivity contribution in [2.75, 3.05) is 33.9 Å². The van der Waals surface area contributed by atoms with Crippen molar-refractivity contribution in [3.63, 3.8) is 0 Å². The first kappa shape index (κ1) is 30.4. The minimum atomic E-state index is -4.49. The van der Waals surface area contributed by atoms with E-state index in [1.165, 1.54) is 32.4 Å². The van der Waals surface area contributed by atoms with Gasteiger partial charge in [0.25, 0.3) is 5.69 Å². The lowest BCUT2D eigenvalue weighted by Crippen LogP contribution is -2.48. The summed E-state index contributed by atoms with van der Waals surface area (Å²) in [5.41, 5.74) is 0.0932. The average Bonchev–Trinajstić information content (AvgIpc) is 2.90. The second kappa shape index (κ2) is 13.3. The largest absolute Gasteiger partial charge is 0.493 e. The van der Waals surface area contributed by atoms with Crippen LogP contribution in [-0.4, -0.2) is 70.3 Å². The molecule has 3 rings (SSSR count). The van der Waals surface area contributed by atoms with Gasteiger partial charge in [-0.05, 0) is 49.4 Å². The Morgan fingerprint density at radius 1 is 1.15 bits per heavy atom. The molecular weight excluding hydrogens is 572 g/mol. The van der Waals surface area contributed by atoms with Gasteiger partial charge in [0.1, 0.15) is 21.4 Å². The highest BCUT2D eigenvalue weighted by Gasteiger charge is 2.27. The van der Waals surface area contributed by atoms with E-state index in [0.29, 0.717) is 43.9 Å². The number of likely N-dealkylation sites (tertiary alicyclic amines) is 1. The lowest BCUT2D eigenvalue weighted by molar-refractivity contribution is -0.384. The number of aryl methyl sites for hydroxylation is 1. The Morgan fingerprint density at radius 2 is 1.82 bits per heavy atom. The molecule has 0 unspecified atom stereocenters. The smallest absolute Gasteiger partial charge is 0.436 e. The molecule has 2 aromatic rings. The topological polar surface area (TPSA) is 176 Å². The van der Waals surface area contributed by atoms with Crippen LogP contribution < -0.4 is 14.2 Å². The molecule has 1 N–H and O–H groups in total. The number of aliphatic imine (C=N–C) groups is 1. The number of rotatable bonds is 7. The Balaban J connectivity index is 1.65. The number of nitrogens with one attached hydrogen (secondary N) is 1. The maximum Gasteiger partial charge on any atom is 0.436 e. The molecule has 0 aromatic heterocycles. The van der Waals surface area contributed by atoms with Crippen molar-refractivity contribution in [3.8, 4) is 11.5 Å². The van der Waals surface area contributed by atoms with Gasteiger partial charge < -0.3 is 23.3 Å². The van der Waals surface area contributed by atoms with E-state index >= 15 is 0 Å². The highest BCUT2D eigenvalue weighted by atomic mass is 35.5. The van der Waals surface area contributed by atoms with E-state index < -0.39 is 42.8 Å². The number of guanidine groups is 1. The first-order valence-electron chi connectivity index (χ1n) is 11.8. The number of hydrogen-bond acceptors (Lipinski definition) is 10. The van der Waals surface area contributed by atoms with Gasteiger partial charge in [-0.2, -0.15) is 8.42 Å². The fourth-order valence-electron chi connectivity index (χ4n) is 3.83. The molecule has 2 aromatic carbocycles. The number of alkyl carbamates (subject to hydrolysis) is 1. The van der Waals surface area contributed by atoms with Gasteiger partial charge >= 0.3 is 22.3 Å². The van der Waals surface area contributed by atoms with Crippen LogP contribution in [0, 0.1) is 23.0 Å². The first-order chi connectivity index (χ1) is 18.9. The molecule has 1 fully saturated rings. The average molecular weight is 599 g/mol. The van der Waals surface area contributed by atoms with Gasteiger partial charge in [0.2, 0.25) is 5.96 Å². The summed E-state index contributed by atoms with van der Waals surface area (Å²) in [6, 6.07) is 7.98. The van der Waals surface area contributed by atoms with Crippen LogP contribution in [0.15, 0.2) is 46.3 Å². The molecule has 0 atom stereocenters. The van der Waals surface area contributed by atoms with E-state index in [2.05, 4.69) is 19.8 Å². The minimum Gasteiger partial charge on any atom is -0.493 e. The van der Waals surface area contributed by atoms with Gasteiger partial charge in [0, 0.05) is 25.2 Å². The zero-order valence-electron chi connectivity index (χ0n) is 21.8. The van der Waals surface area contributed by atoms with Crippen molar-refractivity contribution in [1.82, 2.24) is 10.2 Å². The molecule has 40 heavy (non-hydrogen) atoms. The van der Waals surface area contributed by atoms with Gasteiger partial charge in [-0.3, -0.25) is 15.4 Å². The van der Waals surface area contributed by atoms with E-state index in [-0.39, 0.29) is 17.6 Å². The SMILES string of the molecule is COC(=O)N=C(NC(=O)OC)N1CCC(COc2cc(C)cc(OS(=O)(=O)c3cccc([N+](=O)[O-])c3Cl)c2)CC1. The molecule has 14 nitrogen and oxygen atoms in total. The molecule has 0 aliphatic carbocycles. The number of methoxy groups -OCH3 is 2. The highest BCUT2D eigenvalue weighted by molar-refractivity contribution is 7.87. The molecule has 1 saturated heterocycles. The van der Waals surface area contributed by atoms with E-state index in [1.807, 2.05) is 0 Å². The number of amides is 2. The Morgan fingerprint density at radius 3 is 2.45 bits per heavy atom. The molecule has 2 amide bonds. The Hall–Kier alpha value is -4.11. The van der Waals surface area contributed by atoms with Crippen molar-refractivity contribution >= 4 is 45.6 Å². The van der Waals surface area contributed by atoms with Crippen LogP contribution in [0.25, 0.3) is 0 Å². The summed E-state index contributed by atoms with van der Waals surface area (Å²) in [6.07, 6.45) is -0.375. The highest BCUT2D eigenvalue weighted by Crippen LogP contribution is 2.33. The zero-order chi connectivity index (χ0) is 29.4. The third-order valence-corrected chi connectivity index (χ3v) is 7.61. The van der Waals surface area contributed by atoms with Gasteiger partial charge in [-0.15, -0.1) is 4.99 Å². The molecule has 1 heterocycles. The predicted molar refractivity (Wildman–Crippen MR) is 142 cm³/mol. The van der Waals surface area contributed by atoms with Crippen molar-refractivity contribution in [3.05, 3.63) is 57.1 Å². The zero-order valence-corrected chi connectivity index (χ0v) is 23.4. The van der Waals surface area contributed by atoms with Crippen molar-refractivity contribution in [1.29, 1.82) is 0 Å². The number of ether oxygens (including phenoxy) is 3. The number of piperidine rings is 1. The second-order valence-electron chi connectivity index (χ2n) is 8.63. The number of carbonyl (C=O) groups excluding carboxylic acids is 2. The summed E-state index contributed by atoms with van der Waals surface area (Å²) in [4.78, 5) is 38.5. The van der Waals surface area contributed by atoms with Gasteiger partial charge in [-0.25, -0.2) is 9.59 Å². The molecule has 0 bridgehead atoms. The quantitative estimate of drug-likeness (QED) is 0.161. The summed E-state index contributed by atoms with van der Waals surface area (Å²) in [7, 11) is -2.12. The van der Waals surface area contributed by atoms with Gasteiger partial charge in [-0.1, -0.05) is 17.7 Å². The lowest BCUT2D eigenvalue weighted by atomic mass is 9.98. The normalized spacial score (nSPS) is 14.3. The van der Waals surface area contributed by atoms with Crippen LogP contribution >= 0.6 is 11.6 Å². The van der Waals surface area contributed by atoms with Crippen molar-refractivity contribution < 1.29 is 41.3 Å². The van der Waals surface area contributed by atoms with Crippen molar-refractivity contribution in [2.24, 2.45) is 10.9 Å². The van der Waals surface area contributed by atoms with Crippen LogP contribution in [0.2, 0.25) is 5.02 Å².